The Kier molecular flexibility index (Phi) is 8.40. The third kappa shape index (κ3) is 5.45. The van der Waals surface area contributed by atoms with E-state index >= 15 is 0 Å². The maximum absolute atomic E-state index is 13.0. The molecule has 9 nitrogen and oxygen atoms in total. The van der Waals surface area contributed by atoms with Gasteiger partial charge in [0.2, 0.25) is 5.75 Å². The molecule has 4 rings (SSSR count). The van der Waals surface area contributed by atoms with Gasteiger partial charge in [0.25, 0.3) is 5.91 Å². The van der Waals surface area contributed by atoms with Crippen LogP contribution < -0.4 is 28.4 Å². The van der Waals surface area contributed by atoms with Gasteiger partial charge in [-0.1, -0.05) is 0 Å². The average Bonchev–Trinajstić information content (AvgIpc) is 3.34. The van der Waals surface area contributed by atoms with Gasteiger partial charge in [-0.2, -0.15) is 0 Å². The van der Waals surface area contributed by atoms with Gasteiger partial charge in [0, 0.05) is 31.0 Å². The highest BCUT2D eigenvalue weighted by molar-refractivity contribution is 6.03. The lowest BCUT2D eigenvalue weighted by Gasteiger charge is -2.20. The van der Waals surface area contributed by atoms with Crippen LogP contribution in [0, 0.1) is 0 Å². The molecule has 1 saturated heterocycles. The fraction of sp³-hybridized carbons (Fsp3) is 0.481. The molecule has 1 atom stereocenters. The fourth-order valence-electron chi connectivity index (χ4n) is 4.51. The second-order valence-electron chi connectivity index (χ2n) is 8.63. The number of aliphatic imine (C=N–C) groups is 1. The molecule has 2 aromatic rings. The molecule has 0 spiro atoms. The zero-order chi connectivity index (χ0) is 25.5. The van der Waals surface area contributed by atoms with Crippen molar-refractivity contribution in [3.8, 4) is 34.5 Å². The number of carbonyl (C=O) groups excluding carboxylic acids is 1. The van der Waals surface area contributed by atoms with Gasteiger partial charge in [0.15, 0.2) is 23.0 Å². The standard InChI is InChI=1S/C27H34N2O7/c1-31-22-15-20-21(28-17-18-9-8-10-29(18)27(20)30)16-23(22)36-12-7-5-6-11-35-19-13-24(32-2)26(34-4)25(14-19)33-3/h13-18H,5-12H2,1-4H3/t18-/m0/s1. The van der Waals surface area contributed by atoms with E-state index in [9.17, 15) is 4.79 Å². The van der Waals surface area contributed by atoms with Crippen molar-refractivity contribution in [3.63, 3.8) is 0 Å². The molecular weight excluding hydrogens is 464 g/mol. The van der Waals surface area contributed by atoms with Gasteiger partial charge in [-0.25, -0.2) is 0 Å². The third-order valence-corrected chi connectivity index (χ3v) is 6.41. The van der Waals surface area contributed by atoms with Crippen LogP contribution in [0.4, 0.5) is 5.69 Å². The molecule has 0 N–H and O–H groups in total. The van der Waals surface area contributed by atoms with Crippen molar-refractivity contribution in [2.24, 2.45) is 4.99 Å². The van der Waals surface area contributed by atoms with Gasteiger partial charge in [0.1, 0.15) is 5.75 Å². The molecule has 9 heteroatoms. The minimum Gasteiger partial charge on any atom is -0.493 e. The average molecular weight is 499 g/mol. The Morgan fingerprint density at radius 1 is 0.833 bits per heavy atom. The van der Waals surface area contributed by atoms with Crippen molar-refractivity contribution in [1.82, 2.24) is 4.90 Å². The molecule has 0 radical (unpaired) electrons. The molecule has 1 fully saturated rings. The zero-order valence-corrected chi connectivity index (χ0v) is 21.4. The van der Waals surface area contributed by atoms with Gasteiger partial charge >= 0.3 is 0 Å². The molecule has 2 aliphatic heterocycles. The number of fused-ring (bicyclic) bond motifs is 2. The Hall–Kier alpha value is -3.62. The van der Waals surface area contributed by atoms with Gasteiger partial charge in [-0.15, -0.1) is 0 Å². The number of hydrogen-bond acceptors (Lipinski definition) is 8. The summed E-state index contributed by atoms with van der Waals surface area (Å²) in [6, 6.07) is 7.19. The predicted molar refractivity (Wildman–Crippen MR) is 136 cm³/mol. The van der Waals surface area contributed by atoms with Crippen molar-refractivity contribution >= 4 is 17.8 Å². The minimum absolute atomic E-state index is 0.00181. The lowest BCUT2D eigenvalue weighted by Crippen LogP contribution is -2.35. The van der Waals surface area contributed by atoms with E-state index < -0.39 is 0 Å². The SMILES string of the molecule is COc1cc2c(cc1OCCCCCOc1cc(OC)c(OC)c(OC)c1)N=C[C@@H]1CCCN1C2=O. The first kappa shape index (κ1) is 25.5. The van der Waals surface area contributed by atoms with Gasteiger partial charge in [0.05, 0.1) is 58.9 Å². The van der Waals surface area contributed by atoms with Crippen LogP contribution in [0.1, 0.15) is 42.5 Å². The quantitative estimate of drug-likeness (QED) is 0.393. The largest absolute Gasteiger partial charge is 0.493 e. The Morgan fingerprint density at radius 2 is 1.53 bits per heavy atom. The number of carbonyl (C=O) groups is 1. The van der Waals surface area contributed by atoms with Crippen LogP contribution in [0.25, 0.3) is 0 Å². The van der Waals surface area contributed by atoms with E-state index in [0.717, 1.165) is 38.6 Å². The summed E-state index contributed by atoms with van der Waals surface area (Å²) in [6.07, 6.45) is 6.46. The Balaban J connectivity index is 1.27. The van der Waals surface area contributed by atoms with Crippen LogP contribution in [-0.2, 0) is 0 Å². The number of nitrogens with zero attached hydrogens (tertiary/aromatic N) is 2. The lowest BCUT2D eigenvalue weighted by molar-refractivity contribution is 0.0774. The van der Waals surface area contributed by atoms with Gasteiger partial charge in [-0.3, -0.25) is 9.79 Å². The summed E-state index contributed by atoms with van der Waals surface area (Å²) in [7, 11) is 6.30. The van der Waals surface area contributed by atoms with Gasteiger partial charge < -0.3 is 33.3 Å². The lowest BCUT2D eigenvalue weighted by atomic mass is 10.1. The summed E-state index contributed by atoms with van der Waals surface area (Å²) in [5, 5.41) is 0. The van der Waals surface area contributed by atoms with E-state index in [-0.39, 0.29) is 11.9 Å². The first-order valence-electron chi connectivity index (χ1n) is 12.2. The summed E-state index contributed by atoms with van der Waals surface area (Å²) in [6.45, 7) is 1.83. The fourth-order valence-corrected chi connectivity index (χ4v) is 4.51. The van der Waals surface area contributed by atoms with Crippen LogP contribution in [0.15, 0.2) is 29.3 Å². The second kappa shape index (κ2) is 11.9. The molecule has 2 heterocycles. The van der Waals surface area contributed by atoms with Crippen molar-refractivity contribution in [2.75, 3.05) is 48.2 Å². The summed E-state index contributed by atoms with van der Waals surface area (Å²) in [4.78, 5) is 19.5. The van der Waals surface area contributed by atoms with E-state index in [0.29, 0.717) is 59.0 Å². The third-order valence-electron chi connectivity index (χ3n) is 6.41. The Labute approximate surface area is 211 Å². The number of rotatable bonds is 12. The predicted octanol–water partition coefficient (Wildman–Crippen LogP) is 4.67. The summed E-state index contributed by atoms with van der Waals surface area (Å²) in [5.41, 5.74) is 1.19. The first-order chi connectivity index (χ1) is 17.6. The molecular formula is C27H34N2O7. The van der Waals surface area contributed by atoms with E-state index in [2.05, 4.69) is 4.99 Å². The van der Waals surface area contributed by atoms with E-state index in [4.69, 9.17) is 28.4 Å². The van der Waals surface area contributed by atoms with E-state index in [1.807, 2.05) is 11.1 Å². The minimum atomic E-state index is 0.00181. The molecule has 194 valence electrons. The van der Waals surface area contributed by atoms with Crippen molar-refractivity contribution in [1.29, 1.82) is 0 Å². The van der Waals surface area contributed by atoms with Crippen LogP contribution in [-0.4, -0.2) is 71.3 Å². The van der Waals surface area contributed by atoms with Crippen LogP contribution in [0.5, 0.6) is 34.5 Å². The normalized spacial score (nSPS) is 16.2. The van der Waals surface area contributed by atoms with Crippen molar-refractivity contribution < 1.29 is 33.2 Å². The number of hydrogen-bond donors (Lipinski definition) is 0. The maximum atomic E-state index is 13.0. The molecule has 36 heavy (non-hydrogen) atoms. The molecule has 1 amide bonds. The highest BCUT2D eigenvalue weighted by Gasteiger charge is 2.32. The van der Waals surface area contributed by atoms with Crippen molar-refractivity contribution in [2.45, 2.75) is 38.1 Å². The molecule has 0 aromatic heterocycles. The summed E-state index contributed by atoms with van der Waals surface area (Å²) in [5.74, 6) is 3.45. The van der Waals surface area contributed by atoms with Crippen LogP contribution in [0.3, 0.4) is 0 Å². The van der Waals surface area contributed by atoms with Crippen LogP contribution >= 0.6 is 0 Å². The Bertz CT molecular complexity index is 1080. The number of unbranched alkanes of at least 4 members (excludes halogenated alkanes) is 2. The molecule has 0 unspecified atom stereocenters. The van der Waals surface area contributed by atoms with Crippen LogP contribution in [0.2, 0.25) is 0 Å². The number of benzene rings is 2. The highest BCUT2D eigenvalue weighted by Crippen LogP contribution is 2.41. The molecule has 0 saturated carbocycles. The molecule has 2 aliphatic rings. The highest BCUT2D eigenvalue weighted by atomic mass is 16.5. The molecule has 2 aromatic carbocycles. The first-order valence-corrected chi connectivity index (χ1v) is 12.2. The number of amides is 1. The number of methoxy groups -OCH3 is 4. The molecule has 0 aliphatic carbocycles. The monoisotopic (exact) mass is 498 g/mol. The zero-order valence-electron chi connectivity index (χ0n) is 21.4. The maximum Gasteiger partial charge on any atom is 0.256 e. The van der Waals surface area contributed by atoms with Crippen molar-refractivity contribution in [3.05, 3.63) is 29.8 Å². The summed E-state index contributed by atoms with van der Waals surface area (Å²) < 4.78 is 33.5. The second-order valence-corrected chi connectivity index (χ2v) is 8.63. The van der Waals surface area contributed by atoms with Gasteiger partial charge in [-0.05, 0) is 38.2 Å². The smallest absolute Gasteiger partial charge is 0.256 e. The van der Waals surface area contributed by atoms with E-state index in [1.54, 1.807) is 52.7 Å². The Morgan fingerprint density at radius 3 is 2.19 bits per heavy atom. The summed E-state index contributed by atoms with van der Waals surface area (Å²) >= 11 is 0. The topological polar surface area (TPSA) is 88.1 Å². The van der Waals surface area contributed by atoms with E-state index in [1.165, 1.54) is 0 Å². The number of ether oxygens (including phenoxy) is 6. The molecule has 0 bridgehead atoms.